The Kier molecular flexibility index (Phi) is 34.3. The van der Waals surface area contributed by atoms with Gasteiger partial charge < -0.3 is 49.5 Å². The second kappa shape index (κ2) is 40.7. The number of rotatable bonds is 23. The van der Waals surface area contributed by atoms with Crippen LogP contribution in [0, 0.1) is 47.3 Å². The fourth-order valence-corrected chi connectivity index (χ4v) is 14.5. The number of carbonyl (C=O) groups excluding carboxylic acids is 11. The number of nitrogens with zero attached hydrogens (tertiary/aromatic N) is 11. The highest BCUT2D eigenvalue weighted by atomic mass is 16.7. The van der Waals surface area contributed by atoms with Crippen LogP contribution in [0.5, 0.6) is 0 Å². The Bertz CT molecular complexity index is 3170. The molecule has 3 fully saturated rings. The number of hydrogen-bond donors (Lipinski definition) is 2. The zero-order chi connectivity index (χ0) is 77.9. The van der Waals surface area contributed by atoms with Gasteiger partial charge in [-0.25, -0.2) is 5.06 Å². The number of amides is 9. The van der Waals surface area contributed by atoms with Gasteiger partial charge in [-0.3, -0.25) is 62.5 Å². The number of benzene rings is 1. The molecule has 27 heteroatoms. The largest absolute Gasteiger partial charge is 0.379 e. The third-order valence-corrected chi connectivity index (χ3v) is 21.2. The highest BCUT2D eigenvalue weighted by Crippen LogP contribution is 2.35. The number of aromatic nitrogens is 3. The second-order valence-electron chi connectivity index (χ2n) is 31.8. The van der Waals surface area contributed by atoms with Crippen molar-refractivity contribution in [1.29, 1.82) is 0 Å². The topological polar surface area (TPSA) is 296 Å². The number of carbonyl (C=O) groups is 11. The molecule has 1 aromatic heterocycles. The lowest BCUT2D eigenvalue weighted by Crippen LogP contribution is -2.72. The van der Waals surface area contributed by atoms with Crippen molar-refractivity contribution in [2.75, 3.05) is 81.7 Å². The molecule has 5 rings (SSSR count). The number of likely N-dealkylation sites (N-methyl/N-ethyl adjacent to an activating group) is 6. The summed E-state index contributed by atoms with van der Waals surface area (Å²) in [6.45, 7) is 33.1. The van der Waals surface area contributed by atoms with Crippen LogP contribution in [0.2, 0.25) is 0 Å². The van der Waals surface area contributed by atoms with Crippen LogP contribution in [0.4, 0.5) is 0 Å². The minimum absolute atomic E-state index is 0.0542. The van der Waals surface area contributed by atoms with E-state index in [2.05, 4.69) is 25.7 Å². The summed E-state index contributed by atoms with van der Waals surface area (Å²) in [4.78, 5) is 183. The van der Waals surface area contributed by atoms with Gasteiger partial charge in [0.25, 0.3) is 5.91 Å². The van der Waals surface area contributed by atoms with Gasteiger partial charge in [-0.15, -0.1) is 0 Å². The summed E-state index contributed by atoms with van der Waals surface area (Å²) in [6, 6.07) is -3.12. The lowest BCUT2D eigenvalue weighted by atomic mass is 9.85. The molecule has 0 saturated carbocycles. The van der Waals surface area contributed by atoms with Crippen LogP contribution in [0.1, 0.15) is 188 Å². The third kappa shape index (κ3) is 23.3. The van der Waals surface area contributed by atoms with Gasteiger partial charge >= 0.3 is 0 Å². The van der Waals surface area contributed by atoms with E-state index in [4.69, 9.17) is 14.3 Å². The van der Waals surface area contributed by atoms with Crippen LogP contribution in [0.25, 0.3) is 11.0 Å². The average Bonchev–Trinajstić information content (AvgIpc) is 0.826. The molecule has 2 N–H and O–H groups in total. The van der Waals surface area contributed by atoms with Crippen LogP contribution >= 0.6 is 0 Å². The van der Waals surface area contributed by atoms with Crippen molar-refractivity contribution in [2.24, 2.45) is 47.3 Å². The number of hydrogen-bond acceptors (Lipinski definition) is 17. The van der Waals surface area contributed by atoms with Gasteiger partial charge in [0.2, 0.25) is 47.3 Å². The number of hydroxylamine groups is 2. The molecule has 2 aromatic rings. The average molecular weight is 1460 g/mol. The molecule has 3 aliphatic rings. The smallest absolute Gasteiger partial charge is 0.270 e. The molecule has 1 aromatic carbocycles. The molecular formula is C77H129N13O14. The van der Waals surface area contributed by atoms with E-state index in [0.717, 1.165) is 61.4 Å². The van der Waals surface area contributed by atoms with Crippen LogP contribution < -0.4 is 10.6 Å². The van der Waals surface area contributed by atoms with Crippen LogP contribution in [0.15, 0.2) is 24.3 Å². The fraction of sp³-hybridized carbons (Fsp3) is 0.779. The first kappa shape index (κ1) is 87.7. The maximum atomic E-state index is 15.5. The summed E-state index contributed by atoms with van der Waals surface area (Å²) in [5.74, 6) is -10.1. The Morgan fingerprint density at radius 3 is 1.61 bits per heavy atom. The van der Waals surface area contributed by atoms with Crippen molar-refractivity contribution in [3.63, 3.8) is 0 Å². The van der Waals surface area contributed by atoms with Crippen molar-refractivity contribution in [2.45, 2.75) is 261 Å². The van der Waals surface area contributed by atoms with Crippen molar-refractivity contribution >= 4 is 75.8 Å². The normalized spacial score (nSPS) is 27.1. The predicted molar refractivity (Wildman–Crippen MR) is 397 cm³/mol. The SMILES string of the molecule is CC[C@@H]1NC(=O)[C@@H]2C([C@H](C)CCCCCn3nc4ccccc4n3)ON2C(=O)[C@H](C(C)C)N(C)C(=O)[C@H](CC(C)C)N(C)C(=O)[C@H](CC(C)C)N(C)C(=O)[C@@H](C)NC(=O)[C@H](C)CC(=O)[C@H](CC(C)C)N(C)C(=O)[C@H](C(C)C)CC(=O)[C@H]([C@@H](C)OCCCCN2CCOCC2)N(C)C(=O)[C@@H](C)N(C)C1=O. The number of nitrogens with one attached hydrogen (secondary N) is 2. The summed E-state index contributed by atoms with van der Waals surface area (Å²) in [5, 5.41) is 15.9. The Balaban J connectivity index is 1.58. The first-order valence-corrected chi connectivity index (χ1v) is 38.3. The molecule has 3 saturated heterocycles. The van der Waals surface area contributed by atoms with Gasteiger partial charge in [0.05, 0.1) is 31.9 Å². The van der Waals surface area contributed by atoms with Gasteiger partial charge in [-0.1, -0.05) is 115 Å². The molecule has 0 spiro atoms. The molecule has 104 heavy (non-hydrogen) atoms. The van der Waals surface area contributed by atoms with Crippen LogP contribution in [-0.2, 0) is 73.6 Å². The van der Waals surface area contributed by atoms with Crippen LogP contribution in [-0.4, -0.2) is 267 Å². The standard InChI is InChI=1S/C77H129N13O14/c1-23-57-74(98)82(17)54(15)72(96)87(22)66(55(16)103-38-30-29-34-88-36-39-102-40-37-88)64(92)45-56(49(8)9)73(97)83(18)60(41-46(2)3)63(91)44-52(13)69(93)78-53(14)71(95)84(19)61(42-47(4)5)75(99)85(20)62(43-48(6)7)76(100)86(21)65(50(10)11)77(101)90-67(70(94)79-57)68(104-90)51(12)31-25-24-28-35-89-80-58-32-26-27-33-59(58)81-89/h26-27,32-33,46-57,60-62,65-68H,23-25,28-31,34-45H2,1-22H3,(H,78,93)(H,79,94)/t51-,52-,53-,54-,55-,56+,57+,60+,61+,62+,65+,66+,67+,68?/m1/s1. The summed E-state index contributed by atoms with van der Waals surface area (Å²) in [7, 11) is 8.88. The number of Topliss-reactive ketones (excluding diaryl/α,β-unsaturated/α-hetero) is 2. The van der Waals surface area contributed by atoms with Gasteiger partial charge in [0.1, 0.15) is 59.4 Å². The van der Waals surface area contributed by atoms with Gasteiger partial charge in [0.15, 0.2) is 17.6 Å². The first-order chi connectivity index (χ1) is 48.9. The Labute approximate surface area is 619 Å². The van der Waals surface area contributed by atoms with E-state index in [1.807, 2.05) is 72.7 Å². The quantitative estimate of drug-likeness (QED) is 0.110. The Morgan fingerprint density at radius 2 is 1.06 bits per heavy atom. The zero-order valence-corrected chi connectivity index (χ0v) is 66.8. The molecule has 586 valence electrons. The summed E-state index contributed by atoms with van der Waals surface area (Å²) < 4.78 is 12.0. The first-order valence-electron chi connectivity index (χ1n) is 38.3. The lowest BCUT2D eigenvalue weighted by molar-refractivity contribution is -0.322. The van der Waals surface area contributed by atoms with Crippen molar-refractivity contribution in [1.82, 2.24) is 65.0 Å². The zero-order valence-electron chi connectivity index (χ0n) is 66.8. The number of unbranched alkanes of at least 4 members (excludes halogenated alkanes) is 3. The predicted octanol–water partition coefficient (Wildman–Crippen LogP) is 6.67. The number of ether oxygens (including phenoxy) is 2. The van der Waals surface area contributed by atoms with Gasteiger partial charge in [0, 0.05) is 86.7 Å². The molecule has 1 unspecified atom stereocenters. The monoisotopic (exact) mass is 1460 g/mol. The Morgan fingerprint density at radius 1 is 0.529 bits per heavy atom. The minimum Gasteiger partial charge on any atom is -0.379 e. The maximum absolute atomic E-state index is 15.5. The number of fused-ring (bicyclic) bond motifs is 2. The van der Waals surface area contributed by atoms with Crippen molar-refractivity contribution in [3.8, 4) is 0 Å². The Hall–Kier alpha value is -6.97. The molecule has 27 nitrogen and oxygen atoms in total. The van der Waals surface area contributed by atoms with E-state index in [0.29, 0.717) is 32.6 Å². The number of ketones is 2. The lowest BCUT2D eigenvalue weighted by Gasteiger charge is -2.50. The number of aryl methyl sites for hydroxylation is 1. The molecule has 14 atom stereocenters. The molecule has 0 aliphatic carbocycles. The van der Waals surface area contributed by atoms with E-state index in [9.17, 15) is 19.2 Å². The fourth-order valence-electron chi connectivity index (χ4n) is 14.5. The molecule has 3 aliphatic heterocycles. The van der Waals surface area contributed by atoms with Crippen molar-refractivity contribution in [3.05, 3.63) is 24.3 Å². The van der Waals surface area contributed by atoms with Crippen molar-refractivity contribution < 1.29 is 67.1 Å². The van der Waals surface area contributed by atoms with E-state index in [1.165, 1.54) is 85.5 Å². The number of morpholine rings is 1. The van der Waals surface area contributed by atoms with Gasteiger partial charge in [-0.05, 0) is 126 Å². The highest BCUT2D eigenvalue weighted by Gasteiger charge is 2.55. The van der Waals surface area contributed by atoms with Crippen LogP contribution in [0.3, 0.4) is 0 Å². The van der Waals surface area contributed by atoms with Gasteiger partial charge in [-0.2, -0.15) is 15.0 Å². The van der Waals surface area contributed by atoms with E-state index >= 15 is 33.6 Å². The second-order valence-corrected chi connectivity index (χ2v) is 31.8. The van der Waals surface area contributed by atoms with E-state index in [-0.39, 0.29) is 68.8 Å². The van der Waals surface area contributed by atoms with E-state index in [1.54, 1.807) is 53.3 Å². The maximum Gasteiger partial charge on any atom is 0.270 e. The minimum atomic E-state index is -1.30. The highest BCUT2D eigenvalue weighted by molar-refractivity contribution is 6.00. The molecule has 9 amide bonds. The molecule has 4 heterocycles. The summed E-state index contributed by atoms with van der Waals surface area (Å²) >= 11 is 0. The molecule has 0 radical (unpaired) electrons. The molecular weight excluding hydrogens is 1330 g/mol. The summed E-state index contributed by atoms with van der Waals surface area (Å²) in [5.41, 5.74) is 1.60. The summed E-state index contributed by atoms with van der Waals surface area (Å²) in [6.07, 6.45) is 2.47. The van der Waals surface area contributed by atoms with E-state index < -0.39 is 155 Å². The third-order valence-electron chi connectivity index (χ3n) is 21.2. The molecule has 0 bridgehead atoms.